The van der Waals surface area contributed by atoms with Crippen molar-refractivity contribution in [2.75, 3.05) is 13.2 Å². The lowest BCUT2D eigenvalue weighted by Crippen LogP contribution is -2.39. The van der Waals surface area contributed by atoms with Crippen LogP contribution >= 0.6 is 0 Å². The Kier molecular flexibility index (Phi) is 7.09. The third-order valence-corrected chi connectivity index (χ3v) is 3.66. The number of unbranched alkanes of at least 4 members (excludes halogenated alkanes) is 1. The van der Waals surface area contributed by atoms with Crippen LogP contribution < -0.4 is 5.73 Å². The molecular weight excluding hydrogens is 214 g/mol. The Morgan fingerprint density at radius 3 is 2.41 bits per heavy atom. The van der Waals surface area contributed by atoms with E-state index in [0.29, 0.717) is 6.10 Å². The van der Waals surface area contributed by atoms with Crippen molar-refractivity contribution in [1.82, 2.24) is 0 Å². The average Bonchev–Trinajstić information content (AvgIpc) is 2.57. The van der Waals surface area contributed by atoms with Crippen molar-refractivity contribution >= 4 is 0 Å². The zero-order valence-corrected chi connectivity index (χ0v) is 11.3. The Morgan fingerprint density at radius 1 is 1.18 bits per heavy atom. The second-order valence-corrected chi connectivity index (χ2v) is 5.75. The van der Waals surface area contributed by atoms with Gasteiger partial charge in [-0.15, -0.1) is 0 Å². The van der Waals surface area contributed by atoms with E-state index in [9.17, 15) is 0 Å². The molecular formula is C14H29NO2. The van der Waals surface area contributed by atoms with Gasteiger partial charge in [0.2, 0.25) is 0 Å². The Hall–Kier alpha value is -0.120. The Morgan fingerprint density at radius 2 is 1.82 bits per heavy atom. The smallest absolute Gasteiger partial charge is 0.0608 e. The number of nitrogens with two attached hydrogens (primary N) is 1. The fourth-order valence-electron chi connectivity index (χ4n) is 2.37. The molecule has 17 heavy (non-hydrogen) atoms. The largest absolute Gasteiger partial charge is 0.394 e. The summed E-state index contributed by atoms with van der Waals surface area (Å²) in [5.41, 5.74) is 5.46. The van der Waals surface area contributed by atoms with Crippen molar-refractivity contribution in [3.8, 4) is 0 Å². The first-order valence-electron chi connectivity index (χ1n) is 7.15. The highest BCUT2D eigenvalue weighted by atomic mass is 16.5. The molecule has 3 nitrogen and oxygen atoms in total. The standard InChI is InChI=1S/C14H29NO2/c1-14(15,12-16)10-6-7-11-17-13-8-4-2-3-5-9-13/h13,16H,2-12,15H2,1H3. The van der Waals surface area contributed by atoms with E-state index in [-0.39, 0.29) is 6.61 Å². The maximum absolute atomic E-state index is 9.03. The second-order valence-electron chi connectivity index (χ2n) is 5.75. The summed E-state index contributed by atoms with van der Waals surface area (Å²) in [6, 6.07) is 0. The summed E-state index contributed by atoms with van der Waals surface area (Å²) in [4.78, 5) is 0. The maximum atomic E-state index is 9.03. The van der Waals surface area contributed by atoms with Crippen LogP contribution in [0.3, 0.4) is 0 Å². The fourth-order valence-corrected chi connectivity index (χ4v) is 2.37. The number of hydrogen-bond donors (Lipinski definition) is 2. The van der Waals surface area contributed by atoms with E-state index in [1.54, 1.807) is 0 Å². The lowest BCUT2D eigenvalue weighted by atomic mass is 9.97. The van der Waals surface area contributed by atoms with Crippen molar-refractivity contribution in [2.45, 2.75) is 76.4 Å². The van der Waals surface area contributed by atoms with Gasteiger partial charge >= 0.3 is 0 Å². The van der Waals surface area contributed by atoms with E-state index < -0.39 is 5.54 Å². The monoisotopic (exact) mass is 243 g/mol. The molecule has 0 saturated heterocycles. The summed E-state index contributed by atoms with van der Waals surface area (Å²) in [6.45, 7) is 2.82. The zero-order chi connectivity index (χ0) is 12.6. The molecule has 1 unspecified atom stereocenters. The summed E-state index contributed by atoms with van der Waals surface area (Å²) < 4.78 is 5.91. The molecule has 0 aromatic heterocycles. The van der Waals surface area contributed by atoms with Crippen LogP contribution in [-0.4, -0.2) is 30.0 Å². The first kappa shape index (κ1) is 14.9. The van der Waals surface area contributed by atoms with Crippen LogP contribution in [0.4, 0.5) is 0 Å². The first-order valence-corrected chi connectivity index (χ1v) is 7.15. The van der Waals surface area contributed by atoms with Gasteiger partial charge in [0.25, 0.3) is 0 Å². The topological polar surface area (TPSA) is 55.5 Å². The molecule has 0 aliphatic heterocycles. The van der Waals surface area contributed by atoms with Crippen LogP contribution in [0.1, 0.15) is 64.7 Å². The Balaban J connectivity index is 1.99. The van der Waals surface area contributed by atoms with E-state index in [1.165, 1.54) is 38.5 Å². The van der Waals surface area contributed by atoms with Gasteiger partial charge in [0.1, 0.15) is 0 Å². The van der Waals surface area contributed by atoms with Crippen LogP contribution in [0.5, 0.6) is 0 Å². The zero-order valence-electron chi connectivity index (χ0n) is 11.3. The molecule has 1 atom stereocenters. The first-order chi connectivity index (χ1) is 8.14. The van der Waals surface area contributed by atoms with E-state index in [0.717, 1.165) is 25.9 Å². The van der Waals surface area contributed by atoms with Crippen molar-refractivity contribution in [3.63, 3.8) is 0 Å². The number of ether oxygens (including phenoxy) is 1. The SMILES string of the molecule is CC(N)(CO)CCCCOC1CCCCCC1. The van der Waals surface area contributed by atoms with Crippen LogP contribution in [0.2, 0.25) is 0 Å². The average molecular weight is 243 g/mol. The molecule has 0 aromatic rings. The van der Waals surface area contributed by atoms with Crippen LogP contribution in [0, 0.1) is 0 Å². The third kappa shape index (κ3) is 7.02. The number of hydrogen-bond acceptors (Lipinski definition) is 3. The van der Waals surface area contributed by atoms with Crippen molar-refractivity contribution in [1.29, 1.82) is 0 Å². The lowest BCUT2D eigenvalue weighted by Gasteiger charge is -2.21. The highest BCUT2D eigenvalue weighted by Gasteiger charge is 2.16. The van der Waals surface area contributed by atoms with Crippen LogP contribution in [-0.2, 0) is 4.74 Å². The predicted octanol–water partition coefficient (Wildman–Crippen LogP) is 2.61. The normalized spacial score (nSPS) is 22.1. The van der Waals surface area contributed by atoms with Gasteiger partial charge < -0.3 is 15.6 Å². The molecule has 0 heterocycles. The summed E-state index contributed by atoms with van der Waals surface area (Å²) in [5, 5.41) is 9.03. The van der Waals surface area contributed by atoms with E-state index in [4.69, 9.17) is 15.6 Å². The van der Waals surface area contributed by atoms with Crippen molar-refractivity contribution < 1.29 is 9.84 Å². The van der Waals surface area contributed by atoms with Crippen LogP contribution in [0.25, 0.3) is 0 Å². The van der Waals surface area contributed by atoms with Gasteiger partial charge in [-0.2, -0.15) is 0 Å². The molecule has 1 aliphatic rings. The number of aliphatic hydroxyl groups is 1. The molecule has 1 saturated carbocycles. The van der Waals surface area contributed by atoms with E-state index in [2.05, 4.69) is 0 Å². The summed E-state index contributed by atoms with van der Waals surface area (Å²) in [7, 11) is 0. The fraction of sp³-hybridized carbons (Fsp3) is 1.00. The van der Waals surface area contributed by atoms with Gasteiger partial charge in [-0.05, 0) is 39.0 Å². The molecule has 1 fully saturated rings. The van der Waals surface area contributed by atoms with Gasteiger partial charge in [0.15, 0.2) is 0 Å². The molecule has 102 valence electrons. The molecule has 1 rings (SSSR count). The minimum Gasteiger partial charge on any atom is -0.394 e. The minimum absolute atomic E-state index is 0.0660. The van der Waals surface area contributed by atoms with Gasteiger partial charge in [0, 0.05) is 12.1 Å². The van der Waals surface area contributed by atoms with Gasteiger partial charge in [0.05, 0.1) is 12.7 Å². The molecule has 0 aromatic carbocycles. The molecule has 3 N–H and O–H groups in total. The Bertz CT molecular complexity index is 187. The lowest BCUT2D eigenvalue weighted by molar-refractivity contribution is 0.0398. The van der Waals surface area contributed by atoms with Crippen molar-refractivity contribution in [2.24, 2.45) is 5.73 Å². The molecule has 0 amide bonds. The van der Waals surface area contributed by atoms with E-state index >= 15 is 0 Å². The van der Waals surface area contributed by atoms with E-state index in [1.807, 2.05) is 6.92 Å². The summed E-state index contributed by atoms with van der Waals surface area (Å²) >= 11 is 0. The second kappa shape index (κ2) is 8.06. The molecule has 0 radical (unpaired) electrons. The number of aliphatic hydroxyl groups excluding tert-OH is 1. The molecule has 0 spiro atoms. The van der Waals surface area contributed by atoms with Gasteiger partial charge in [-0.25, -0.2) is 0 Å². The number of rotatable bonds is 7. The highest BCUT2D eigenvalue weighted by molar-refractivity contribution is 4.76. The van der Waals surface area contributed by atoms with Gasteiger partial charge in [-0.1, -0.05) is 25.7 Å². The third-order valence-electron chi connectivity index (χ3n) is 3.66. The maximum Gasteiger partial charge on any atom is 0.0608 e. The quantitative estimate of drug-likeness (QED) is 0.534. The molecule has 0 bridgehead atoms. The summed E-state index contributed by atoms with van der Waals surface area (Å²) in [5.74, 6) is 0. The molecule has 3 heteroatoms. The predicted molar refractivity (Wildman–Crippen MR) is 71.0 cm³/mol. The molecule has 1 aliphatic carbocycles. The van der Waals surface area contributed by atoms with Crippen LogP contribution in [0.15, 0.2) is 0 Å². The minimum atomic E-state index is -0.414. The van der Waals surface area contributed by atoms with Gasteiger partial charge in [-0.3, -0.25) is 0 Å². The highest BCUT2D eigenvalue weighted by Crippen LogP contribution is 2.20. The summed E-state index contributed by atoms with van der Waals surface area (Å²) in [6.07, 6.45) is 11.4. The van der Waals surface area contributed by atoms with Crippen molar-refractivity contribution in [3.05, 3.63) is 0 Å². The Labute approximate surface area is 106 Å².